The average Bonchev–Trinajstić information content (AvgIpc) is 2.26. The van der Waals surface area contributed by atoms with Crippen LogP contribution in [-0.2, 0) is 11.2 Å². The topological polar surface area (TPSA) is 42.0 Å². The molecule has 0 saturated heterocycles. The summed E-state index contributed by atoms with van der Waals surface area (Å²) in [5.74, 6) is 2.54. The van der Waals surface area contributed by atoms with Gasteiger partial charge < -0.3 is 5.32 Å². The smallest absolute Gasteiger partial charge is 0.224 e. The van der Waals surface area contributed by atoms with Crippen molar-refractivity contribution in [2.45, 2.75) is 19.3 Å². The predicted octanol–water partition coefficient (Wildman–Crippen LogP) is 1.15. The molecular formula is C12H14N2O. The zero-order valence-corrected chi connectivity index (χ0v) is 8.57. The molecule has 0 bridgehead atoms. The first kappa shape index (κ1) is 11.3. The monoisotopic (exact) mass is 202 g/mol. The Morgan fingerprint density at radius 3 is 3.13 bits per heavy atom. The number of unbranched alkanes of at least 4 members (excludes halogenated alkanes) is 1. The zero-order valence-electron chi connectivity index (χ0n) is 8.57. The maximum Gasteiger partial charge on any atom is 0.224 e. The molecule has 1 amide bonds. The lowest BCUT2D eigenvalue weighted by Crippen LogP contribution is -2.26. The van der Waals surface area contributed by atoms with Gasteiger partial charge in [-0.05, 0) is 18.1 Å². The minimum Gasteiger partial charge on any atom is -0.356 e. The van der Waals surface area contributed by atoms with Crippen LogP contribution in [-0.4, -0.2) is 17.4 Å². The predicted molar refractivity (Wildman–Crippen MR) is 59.0 cm³/mol. The molecule has 0 unspecified atom stereocenters. The van der Waals surface area contributed by atoms with Crippen molar-refractivity contribution in [3.63, 3.8) is 0 Å². The second-order valence-electron chi connectivity index (χ2n) is 3.20. The highest BCUT2D eigenvalue weighted by atomic mass is 16.1. The van der Waals surface area contributed by atoms with Gasteiger partial charge in [-0.1, -0.05) is 6.07 Å². The van der Waals surface area contributed by atoms with Gasteiger partial charge in [0.1, 0.15) is 0 Å². The molecule has 1 aromatic rings. The molecule has 3 heteroatoms. The van der Waals surface area contributed by atoms with E-state index in [1.54, 1.807) is 12.4 Å². The van der Waals surface area contributed by atoms with E-state index in [-0.39, 0.29) is 5.91 Å². The van der Waals surface area contributed by atoms with Crippen molar-refractivity contribution < 1.29 is 4.79 Å². The van der Waals surface area contributed by atoms with Crippen LogP contribution in [0.25, 0.3) is 0 Å². The zero-order chi connectivity index (χ0) is 10.9. The SMILES string of the molecule is C#CCCCNC(=O)Cc1cccnc1. The van der Waals surface area contributed by atoms with Gasteiger partial charge in [0.15, 0.2) is 0 Å². The number of terminal acetylenes is 1. The van der Waals surface area contributed by atoms with E-state index in [0.29, 0.717) is 19.4 Å². The number of nitrogens with zero attached hydrogens (tertiary/aromatic N) is 1. The molecule has 1 heterocycles. The van der Waals surface area contributed by atoms with E-state index < -0.39 is 0 Å². The number of carbonyl (C=O) groups excluding carboxylic acids is 1. The highest BCUT2D eigenvalue weighted by molar-refractivity contribution is 5.78. The van der Waals surface area contributed by atoms with E-state index in [4.69, 9.17) is 6.42 Å². The van der Waals surface area contributed by atoms with Gasteiger partial charge in [-0.25, -0.2) is 0 Å². The van der Waals surface area contributed by atoms with Crippen molar-refractivity contribution in [2.75, 3.05) is 6.54 Å². The summed E-state index contributed by atoms with van der Waals surface area (Å²) in [7, 11) is 0. The fourth-order valence-corrected chi connectivity index (χ4v) is 1.17. The summed E-state index contributed by atoms with van der Waals surface area (Å²) in [5.41, 5.74) is 0.923. The number of aromatic nitrogens is 1. The highest BCUT2D eigenvalue weighted by Gasteiger charge is 2.01. The van der Waals surface area contributed by atoms with Gasteiger partial charge in [0.25, 0.3) is 0 Å². The summed E-state index contributed by atoms with van der Waals surface area (Å²) >= 11 is 0. The first-order valence-electron chi connectivity index (χ1n) is 4.92. The van der Waals surface area contributed by atoms with E-state index in [0.717, 1.165) is 12.0 Å². The number of hydrogen-bond donors (Lipinski definition) is 1. The molecule has 0 aliphatic carbocycles. The van der Waals surface area contributed by atoms with E-state index in [2.05, 4.69) is 16.2 Å². The Morgan fingerprint density at radius 2 is 2.47 bits per heavy atom. The fourth-order valence-electron chi connectivity index (χ4n) is 1.17. The number of amides is 1. The van der Waals surface area contributed by atoms with Crippen molar-refractivity contribution in [3.05, 3.63) is 30.1 Å². The summed E-state index contributed by atoms with van der Waals surface area (Å²) in [6.07, 6.45) is 10.4. The third-order valence-corrected chi connectivity index (χ3v) is 1.91. The Labute approximate surface area is 89.9 Å². The van der Waals surface area contributed by atoms with Crippen LogP contribution in [0.1, 0.15) is 18.4 Å². The standard InChI is InChI=1S/C12H14N2O/c1-2-3-4-8-14-12(15)9-11-6-5-7-13-10-11/h1,5-7,10H,3-4,8-9H2,(H,14,15). The Hall–Kier alpha value is -1.82. The molecule has 3 nitrogen and oxygen atoms in total. The van der Waals surface area contributed by atoms with Gasteiger partial charge >= 0.3 is 0 Å². The van der Waals surface area contributed by atoms with E-state index in [1.165, 1.54) is 0 Å². The number of hydrogen-bond acceptors (Lipinski definition) is 2. The normalized spacial score (nSPS) is 9.27. The second kappa shape index (κ2) is 6.61. The van der Waals surface area contributed by atoms with Gasteiger partial charge in [0.05, 0.1) is 6.42 Å². The Bertz CT molecular complexity index is 340. The lowest BCUT2D eigenvalue weighted by molar-refractivity contribution is -0.120. The van der Waals surface area contributed by atoms with Crippen LogP contribution in [0.3, 0.4) is 0 Å². The quantitative estimate of drug-likeness (QED) is 0.575. The van der Waals surface area contributed by atoms with Gasteiger partial charge in [0.2, 0.25) is 5.91 Å². The van der Waals surface area contributed by atoms with Gasteiger partial charge in [-0.15, -0.1) is 12.3 Å². The van der Waals surface area contributed by atoms with Crippen LogP contribution in [0.4, 0.5) is 0 Å². The number of nitrogens with one attached hydrogen (secondary N) is 1. The highest BCUT2D eigenvalue weighted by Crippen LogP contribution is 1.96. The maximum atomic E-state index is 11.4. The molecule has 0 spiro atoms. The van der Waals surface area contributed by atoms with Crippen LogP contribution < -0.4 is 5.32 Å². The number of pyridine rings is 1. The second-order valence-corrected chi connectivity index (χ2v) is 3.20. The summed E-state index contributed by atoms with van der Waals surface area (Å²) < 4.78 is 0. The largest absolute Gasteiger partial charge is 0.356 e. The Kier molecular flexibility index (Phi) is 4.96. The van der Waals surface area contributed by atoms with Crippen LogP contribution in [0, 0.1) is 12.3 Å². The average molecular weight is 202 g/mol. The Morgan fingerprint density at radius 1 is 1.60 bits per heavy atom. The van der Waals surface area contributed by atoms with Gasteiger partial charge in [-0.2, -0.15) is 0 Å². The molecule has 1 rings (SSSR count). The van der Waals surface area contributed by atoms with Crippen molar-refractivity contribution in [2.24, 2.45) is 0 Å². The summed E-state index contributed by atoms with van der Waals surface area (Å²) in [6.45, 7) is 0.642. The molecule has 1 aromatic heterocycles. The summed E-state index contributed by atoms with van der Waals surface area (Å²) in [4.78, 5) is 15.3. The van der Waals surface area contributed by atoms with Crippen LogP contribution in [0.5, 0.6) is 0 Å². The van der Waals surface area contributed by atoms with Crippen molar-refractivity contribution in [1.29, 1.82) is 0 Å². The van der Waals surface area contributed by atoms with E-state index >= 15 is 0 Å². The van der Waals surface area contributed by atoms with Gasteiger partial charge in [0, 0.05) is 25.4 Å². The third kappa shape index (κ3) is 4.82. The minimum absolute atomic E-state index is 0.0139. The molecule has 1 N–H and O–H groups in total. The first-order valence-corrected chi connectivity index (χ1v) is 4.92. The molecule has 0 aliphatic heterocycles. The van der Waals surface area contributed by atoms with Crippen LogP contribution >= 0.6 is 0 Å². The molecular weight excluding hydrogens is 188 g/mol. The minimum atomic E-state index is 0.0139. The molecule has 78 valence electrons. The van der Waals surface area contributed by atoms with Crippen LogP contribution in [0.15, 0.2) is 24.5 Å². The number of rotatable bonds is 5. The van der Waals surface area contributed by atoms with E-state index in [9.17, 15) is 4.79 Å². The molecule has 0 atom stereocenters. The van der Waals surface area contributed by atoms with Crippen LogP contribution in [0.2, 0.25) is 0 Å². The van der Waals surface area contributed by atoms with Crippen molar-refractivity contribution >= 4 is 5.91 Å². The summed E-state index contributed by atoms with van der Waals surface area (Å²) in [5, 5.41) is 2.80. The third-order valence-electron chi connectivity index (χ3n) is 1.91. The molecule has 0 aromatic carbocycles. The first-order chi connectivity index (χ1) is 7.33. The molecule has 0 saturated carbocycles. The Balaban J connectivity index is 2.22. The van der Waals surface area contributed by atoms with Crippen molar-refractivity contribution in [3.8, 4) is 12.3 Å². The summed E-state index contributed by atoms with van der Waals surface area (Å²) in [6, 6.07) is 3.70. The maximum absolute atomic E-state index is 11.4. The lowest BCUT2D eigenvalue weighted by Gasteiger charge is -2.03. The molecule has 0 fully saturated rings. The van der Waals surface area contributed by atoms with E-state index in [1.807, 2.05) is 12.1 Å². The van der Waals surface area contributed by atoms with Crippen molar-refractivity contribution in [1.82, 2.24) is 10.3 Å². The molecule has 15 heavy (non-hydrogen) atoms. The lowest BCUT2D eigenvalue weighted by atomic mass is 10.2. The molecule has 0 aliphatic rings. The molecule has 0 radical (unpaired) electrons. The van der Waals surface area contributed by atoms with Gasteiger partial charge in [-0.3, -0.25) is 9.78 Å². The fraction of sp³-hybridized carbons (Fsp3) is 0.333. The number of carbonyl (C=O) groups is 1.